The number of furan rings is 1. The van der Waals surface area contributed by atoms with Crippen molar-refractivity contribution >= 4 is 44.5 Å². The second-order valence-electron chi connectivity index (χ2n) is 17.0. The van der Waals surface area contributed by atoms with E-state index < -0.39 is 0 Å². The van der Waals surface area contributed by atoms with Crippen molar-refractivity contribution in [2.45, 2.75) is 67.4 Å². The third kappa shape index (κ3) is 5.32. The average Bonchev–Trinajstić information content (AvgIpc) is 3.80. The molecule has 8 aromatic rings. The summed E-state index contributed by atoms with van der Waals surface area (Å²) in [6.45, 7) is 9.53. The number of fused-ring (bicyclic) bond motifs is 8. The van der Waals surface area contributed by atoms with Crippen molar-refractivity contribution in [1.82, 2.24) is 15.0 Å². The van der Waals surface area contributed by atoms with Gasteiger partial charge in [0.15, 0.2) is 17.5 Å². The largest absolute Gasteiger partial charge is 0.456 e. The number of hydrogen-bond donors (Lipinski definition) is 0. The molecule has 2 aromatic heterocycles. The van der Waals surface area contributed by atoms with Crippen LogP contribution in [-0.4, -0.2) is 20.2 Å². The Bertz CT molecular complexity index is 2990. The van der Waals surface area contributed by atoms with Crippen LogP contribution in [0, 0.1) is 0 Å². The summed E-state index contributed by atoms with van der Waals surface area (Å²) in [7, 11) is 0. The van der Waals surface area contributed by atoms with Gasteiger partial charge in [-0.2, -0.15) is 0 Å². The van der Waals surface area contributed by atoms with E-state index in [9.17, 15) is 0 Å². The second-order valence-corrected chi connectivity index (χ2v) is 18.2. The van der Waals surface area contributed by atoms with Crippen molar-refractivity contribution < 1.29 is 4.42 Å². The average molecular weight is 744 g/mol. The third-order valence-electron chi connectivity index (χ3n) is 12.6. The molecule has 56 heavy (non-hydrogen) atoms. The molecule has 1 aliphatic heterocycles. The quantitative estimate of drug-likeness (QED) is 0.180. The van der Waals surface area contributed by atoms with Crippen LogP contribution in [-0.2, 0) is 10.8 Å². The summed E-state index contributed by atoms with van der Waals surface area (Å²) in [5.74, 6) is 2.24. The lowest BCUT2D eigenvalue weighted by molar-refractivity contribution is 0.332. The highest BCUT2D eigenvalue weighted by Crippen LogP contribution is 2.52. The summed E-state index contributed by atoms with van der Waals surface area (Å²) in [5.41, 5.74) is 11.5. The molecule has 5 heteroatoms. The number of nitrogens with zero attached hydrogens (tertiary/aromatic N) is 3. The SMILES string of the molecule is CC1(C)CCC(C)(C)c2cc(-c3ccc4c(c3)oc3cccc(-c5nc(-c6ccc7ccccc7c6)nc(-c6cccc7c6C6C=CC=CC6S7)n5)c34)ccc21. The van der Waals surface area contributed by atoms with Crippen molar-refractivity contribution in [3.8, 4) is 45.3 Å². The molecular formula is C51H41N3OS. The van der Waals surface area contributed by atoms with Crippen LogP contribution in [0.4, 0.5) is 0 Å². The van der Waals surface area contributed by atoms with E-state index in [1.165, 1.54) is 45.4 Å². The molecule has 272 valence electrons. The number of allylic oxidation sites excluding steroid dienone is 3. The fraction of sp³-hybridized carbons (Fsp3) is 0.196. The lowest BCUT2D eigenvalue weighted by Crippen LogP contribution is -2.33. The molecule has 3 heterocycles. The Hall–Kier alpha value is -5.78. The summed E-state index contributed by atoms with van der Waals surface area (Å²) in [4.78, 5) is 17.1. The Balaban J connectivity index is 1.08. The van der Waals surface area contributed by atoms with Crippen LogP contribution in [0.2, 0.25) is 0 Å². The van der Waals surface area contributed by atoms with E-state index in [2.05, 4.69) is 161 Å². The Morgan fingerprint density at radius 1 is 0.571 bits per heavy atom. The standard InChI is InChI=1S/C51H41N3OS/c1-50(2)25-26-51(3,4)40-28-32(22-24-39(40)50)33-21-23-35-42(29-33)55-41-16-9-14-37(45(35)41)48-52-47(34-20-19-30-11-5-6-12-31(30)27-34)53-49(54-48)38-15-10-18-44-46(38)36-13-7-8-17-43(36)56-44/h5-24,27-29,36,43H,25-26H2,1-4H3. The zero-order chi connectivity index (χ0) is 37.8. The highest BCUT2D eigenvalue weighted by Gasteiger charge is 2.37. The van der Waals surface area contributed by atoms with E-state index in [1.54, 1.807) is 0 Å². The fourth-order valence-corrected chi connectivity index (χ4v) is 10.7. The van der Waals surface area contributed by atoms with Gasteiger partial charge in [0.1, 0.15) is 11.2 Å². The number of benzene rings is 6. The molecule has 0 fully saturated rings. The van der Waals surface area contributed by atoms with Gasteiger partial charge in [0.25, 0.3) is 0 Å². The molecular weight excluding hydrogens is 703 g/mol. The van der Waals surface area contributed by atoms with Crippen LogP contribution in [0.3, 0.4) is 0 Å². The van der Waals surface area contributed by atoms with Gasteiger partial charge in [-0.25, -0.2) is 15.0 Å². The van der Waals surface area contributed by atoms with Crippen LogP contribution in [0.25, 0.3) is 78.0 Å². The number of aromatic nitrogens is 3. The Morgan fingerprint density at radius 2 is 1.27 bits per heavy atom. The molecule has 0 saturated heterocycles. The van der Waals surface area contributed by atoms with Crippen LogP contribution >= 0.6 is 11.8 Å². The highest BCUT2D eigenvalue weighted by atomic mass is 32.2. The molecule has 3 aliphatic rings. The third-order valence-corrected chi connectivity index (χ3v) is 13.9. The fourth-order valence-electron chi connectivity index (χ4n) is 9.33. The Morgan fingerprint density at radius 3 is 2.14 bits per heavy atom. The number of rotatable bonds is 4. The smallest absolute Gasteiger partial charge is 0.164 e. The van der Waals surface area contributed by atoms with Crippen molar-refractivity contribution in [3.63, 3.8) is 0 Å². The van der Waals surface area contributed by atoms with Crippen molar-refractivity contribution in [1.29, 1.82) is 0 Å². The van der Waals surface area contributed by atoms with E-state index >= 15 is 0 Å². The first kappa shape index (κ1) is 33.5. The molecule has 2 atom stereocenters. The van der Waals surface area contributed by atoms with Crippen LogP contribution in [0.15, 0.2) is 149 Å². The van der Waals surface area contributed by atoms with E-state index in [0.29, 0.717) is 22.7 Å². The summed E-state index contributed by atoms with van der Waals surface area (Å²) in [5, 5.41) is 4.76. The van der Waals surface area contributed by atoms with Crippen molar-refractivity contribution in [3.05, 3.63) is 156 Å². The van der Waals surface area contributed by atoms with Gasteiger partial charge in [0.2, 0.25) is 0 Å². The summed E-state index contributed by atoms with van der Waals surface area (Å²) >= 11 is 1.92. The van der Waals surface area contributed by atoms with Gasteiger partial charge in [0.05, 0.1) is 0 Å². The van der Waals surface area contributed by atoms with E-state index in [1.807, 2.05) is 17.8 Å². The van der Waals surface area contributed by atoms with E-state index in [-0.39, 0.29) is 16.7 Å². The van der Waals surface area contributed by atoms with E-state index in [4.69, 9.17) is 19.4 Å². The zero-order valence-corrected chi connectivity index (χ0v) is 32.8. The minimum atomic E-state index is 0.138. The van der Waals surface area contributed by atoms with Gasteiger partial charge in [-0.15, -0.1) is 11.8 Å². The zero-order valence-electron chi connectivity index (χ0n) is 32.0. The normalized spacial score (nSPS) is 19.0. The van der Waals surface area contributed by atoms with Gasteiger partial charge in [0, 0.05) is 43.5 Å². The lowest BCUT2D eigenvalue weighted by Gasteiger charge is -2.42. The first-order chi connectivity index (χ1) is 27.2. The van der Waals surface area contributed by atoms with Gasteiger partial charge in [-0.1, -0.05) is 137 Å². The predicted molar refractivity (Wildman–Crippen MR) is 232 cm³/mol. The van der Waals surface area contributed by atoms with Crippen LogP contribution in [0.5, 0.6) is 0 Å². The Labute approximate surface area is 331 Å². The first-order valence-corrected chi connectivity index (χ1v) is 20.6. The summed E-state index contributed by atoms with van der Waals surface area (Å²) in [6, 6.07) is 41.4. The second kappa shape index (κ2) is 12.4. The first-order valence-electron chi connectivity index (χ1n) is 19.7. The minimum Gasteiger partial charge on any atom is -0.456 e. The molecule has 2 aliphatic carbocycles. The molecule has 2 unspecified atom stereocenters. The maximum absolute atomic E-state index is 6.67. The summed E-state index contributed by atoms with van der Waals surface area (Å²) < 4.78 is 6.67. The predicted octanol–water partition coefficient (Wildman–Crippen LogP) is 13.6. The highest BCUT2D eigenvalue weighted by molar-refractivity contribution is 8.00. The molecule has 0 N–H and O–H groups in total. The van der Waals surface area contributed by atoms with Gasteiger partial charge < -0.3 is 4.42 Å². The van der Waals surface area contributed by atoms with Crippen molar-refractivity contribution in [2.24, 2.45) is 0 Å². The maximum atomic E-state index is 6.67. The maximum Gasteiger partial charge on any atom is 0.164 e. The number of thioether (sulfide) groups is 1. The molecule has 6 aromatic carbocycles. The molecule has 4 nitrogen and oxygen atoms in total. The number of hydrogen-bond acceptors (Lipinski definition) is 5. The van der Waals surface area contributed by atoms with Gasteiger partial charge in [-0.3, -0.25) is 0 Å². The molecule has 0 bridgehead atoms. The van der Waals surface area contributed by atoms with Crippen molar-refractivity contribution in [2.75, 3.05) is 0 Å². The van der Waals surface area contributed by atoms with Gasteiger partial charge in [-0.05, 0) is 92.6 Å². The molecule has 0 radical (unpaired) electrons. The molecule has 0 saturated carbocycles. The van der Waals surface area contributed by atoms with Gasteiger partial charge >= 0.3 is 0 Å². The van der Waals surface area contributed by atoms with E-state index in [0.717, 1.165) is 49.6 Å². The Kier molecular flexibility index (Phi) is 7.41. The minimum absolute atomic E-state index is 0.138. The molecule has 11 rings (SSSR count). The topological polar surface area (TPSA) is 51.8 Å². The monoisotopic (exact) mass is 743 g/mol. The van der Waals surface area contributed by atoms with Crippen LogP contribution in [0.1, 0.15) is 63.1 Å². The van der Waals surface area contributed by atoms with Crippen LogP contribution < -0.4 is 0 Å². The molecule has 0 spiro atoms. The summed E-state index contributed by atoms with van der Waals surface area (Å²) in [6.07, 6.45) is 11.3. The lowest BCUT2D eigenvalue weighted by atomic mass is 9.63. The molecule has 0 amide bonds.